The van der Waals surface area contributed by atoms with Crippen molar-refractivity contribution >= 4 is 38.7 Å². The summed E-state index contributed by atoms with van der Waals surface area (Å²) >= 11 is 12.4. The maximum Gasteiger partial charge on any atom is 0.277 e. The molecule has 2 aromatic heterocycles. The number of fused-ring (bicyclic) bond motifs is 1. The van der Waals surface area contributed by atoms with Crippen molar-refractivity contribution in [2.24, 2.45) is 0 Å². The lowest BCUT2D eigenvalue weighted by Crippen LogP contribution is -2.24. The number of H-pyrrole nitrogens is 1. The first kappa shape index (κ1) is 26.7. The Morgan fingerprint density at radius 1 is 1.16 bits per heavy atom. The van der Waals surface area contributed by atoms with Crippen molar-refractivity contribution in [2.75, 3.05) is 6.61 Å². The van der Waals surface area contributed by atoms with Crippen LogP contribution >= 0.6 is 23.2 Å². The molecule has 0 unspecified atom stereocenters. The fourth-order valence-electron chi connectivity index (χ4n) is 4.86. The molecule has 1 saturated carbocycles. The zero-order valence-electron chi connectivity index (χ0n) is 20.9. The van der Waals surface area contributed by atoms with Gasteiger partial charge in [-0.3, -0.25) is 4.79 Å². The molecule has 1 aliphatic carbocycles. The summed E-state index contributed by atoms with van der Waals surface area (Å²) in [7, 11) is -3.99. The van der Waals surface area contributed by atoms with Crippen LogP contribution in [0.4, 0.5) is 0 Å². The summed E-state index contributed by atoms with van der Waals surface area (Å²) in [5.41, 5.74) is 1.45. The van der Waals surface area contributed by atoms with Gasteiger partial charge in [-0.05, 0) is 57.0 Å². The maximum atomic E-state index is 13.2. The summed E-state index contributed by atoms with van der Waals surface area (Å²) in [6, 6.07) is 9.39. The molecular formula is C26H27Cl2N5O4S. The fourth-order valence-corrected chi connectivity index (χ4v) is 6.41. The summed E-state index contributed by atoms with van der Waals surface area (Å²) in [6.07, 6.45) is 4.19. The van der Waals surface area contributed by atoms with Gasteiger partial charge in [0.2, 0.25) is 10.0 Å². The molecule has 0 saturated heterocycles. The third kappa shape index (κ3) is 5.05. The standard InChI is InChI=1S/C26H27Cl2N5O4S/c1-3-37-22-12-11-17(38(35,36)29-14-19-20(27)9-6-10-21(19)28)13-18(22)24-31-26(34)23-15(2)30-25(33(23)32-24)16-7-4-5-8-16/h6,9-13,16,29H,3-5,7-8,14H2,1-2H3,(H,31,32,34). The first-order valence-electron chi connectivity index (χ1n) is 12.4. The fraction of sp³-hybridized carbons (Fsp3) is 0.346. The molecule has 2 aromatic carbocycles. The Labute approximate surface area is 230 Å². The Morgan fingerprint density at radius 3 is 2.55 bits per heavy atom. The van der Waals surface area contributed by atoms with Crippen molar-refractivity contribution in [3.63, 3.8) is 0 Å². The molecule has 0 bridgehead atoms. The third-order valence-electron chi connectivity index (χ3n) is 6.74. The number of sulfonamides is 1. The highest BCUT2D eigenvalue weighted by Crippen LogP contribution is 2.35. The van der Waals surface area contributed by atoms with Crippen LogP contribution in [0.15, 0.2) is 46.1 Å². The van der Waals surface area contributed by atoms with Crippen LogP contribution < -0.4 is 15.0 Å². The number of nitrogens with zero attached hydrogens (tertiary/aromatic N) is 3. The quantitative estimate of drug-likeness (QED) is 0.297. The van der Waals surface area contributed by atoms with Gasteiger partial charge in [-0.25, -0.2) is 22.6 Å². The van der Waals surface area contributed by atoms with E-state index in [0.29, 0.717) is 44.7 Å². The number of benzene rings is 2. The molecule has 2 heterocycles. The number of nitrogens with one attached hydrogen (secondary N) is 2. The van der Waals surface area contributed by atoms with Crippen LogP contribution in [0, 0.1) is 6.92 Å². The van der Waals surface area contributed by atoms with E-state index in [-0.39, 0.29) is 28.7 Å². The Morgan fingerprint density at radius 2 is 1.87 bits per heavy atom. The number of imidazole rings is 1. The first-order chi connectivity index (χ1) is 18.2. The van der Waals surface area contributed by atoms with Crippen molar-refractivity contribution in [2.45, 2.75) is 56.9 Å². The lowest BCUT2D eigenvalue weighted by atomic mass is 10.1. The number of aromatic nitrogens is 4. The zero-order valence-corrected chi connectivity index (χ0v) is 23.3. The highest BCUT2D eigenvalue weighted by Gasteiger charge is 2.26. The Bertz CT molecular complexity index is 1660. The van der Waals surface area contributed by atoms with Gasteiger partial charge < -0.3 is 9.72 Å². The number of aryl methyl sites for hydroxylation is 1. The minimum absolute atomic E-state index is 0.0281. The highest BCUT2D eigenvalue weighted by atomic mass is 35.5. The minimum atomic E-state index is -3.99. The minimum Gasteiger partial charge on any atom is -0.493 e. The summed E-state index contributed by atoms with van der Waals surface area (Å²) in [6.45, 7) is 3.86. The molecule has 0 amide bonds. The number of ether oxygens (including phenoxy) is 1. The zero-order chi connectivity index (χ0) is 27.0. The van der Waals surface area contributed by atoms with Gasteiger partial charge in [-0.15, -0.1) is 5.10 Å². The van der Waals surface area contributed by atoms with E-state index in [0.717, 1.165) is 31.5 Å². The molecule has 1 aliphatic rings. The van der Waals surface area contributed by atoms with E-state index < -0.39 is 10.0 Å². The maximum absolute atomic E-state index is 13.2. The molecule has 0 aliphatic heterocycles. The van der Waals surface area contributed by atoms with Gasteiger partial charge in [-0.1, -0.05) is 42.1 Å². The van der Waals surface area contributed by atoms with Gasteiger partial charge in [0.1, 0.15) is 11.6 Å². The molecule has 4 aromatic rings. The van der Waals surface area contributed by atoms with Gasteiger partial charge >= 0.3 is 0 Å². The van der Waals surface area contributed by atoms with Crippen LogP contribution in [0.1, 0.15) is 55.6 Å². The molecule has 38 heavy (non-hydrogen) atoms. The van der Waals surface area contributed by atoms with Gasteiger partial charge in [0.25, 0.3) is 5.56 Å². The predicted molar refractivity (Wildman–Crippen MR) is 147 cm³/mol. The van der Waals surface area contributed by atoms with Crippen LogP contribution in [0.25, 0.3) is 16.9 Å². The molecule has 2 N–H and O–H groups in total. The van der Waals surface area contributed by atoms with Crippen molar-refractivity contribution in [3.8, 4) is 17.1 Å². The molecule has 0 radical (unpaired) electrons. The molecule has 9 nitrogen and oxygen atoms in total. The molecule has 200 valence electrons. The Kier molecular flexibility index (Phi) is 7.50. The van der Waals surface area contributed by atoms with Crippen LogP contribution in [0.5, 0.6) is 5.75 Å². The van der Waals surface area contributed by atoms with Crippen molar-refractivity contribution in [3.05, 3.63) is 73.9 Å². The summed E-state index contributed by atoms with van der Waals surface area (Å²) < 4.78 is 36.4. The largest absolute Gasteiger partial charge is 0.493 e. The second-order valence-electron chi connectivity index (χ2n) is 9.22. The van der Waals surface area contributed by atoms with Crippen LogP contribution in [0.3, 0.4) is 0 Å². The van der Waals surface area contributed by atoms with E-state index in [9.17, 15) is 13.2 Å². The summed E-state index contributed by atoms with van der Waals surface area (Å²) in [4.78, 5) is 20.6. The summed E-state index contributed by atoms with van der Waals surface area (Å²) in [5.74, 6) is 1.55. The molecular weight excluding hydrogens is 549 g/mol. The predicted octanol–water partition coefficient (Wildman–Crippen LogP) is 5.23. The van der Waals surface area contributed by atoms with E-state index in [1.807, 2.05) is 6.92 Å². The monoisotopic (exact) mass is 575 g/mol. The van der Waals surface area contributed by atoms with Gasteiger partial charge in [0, 0.05) is 28.1 Å². The van der Waals surface area contributed by atoms with Gasteiger partial charge in [-0.2, -0.15) is 0 Å². The van der Waals surface area contributed by atoms with Crippen molar-refractivity contribution < 1.29 is 13.2 Å². The smallest absolute Gasteiger partial charge is 0.277 e. The number of halogens is 2. The van der Waals surface area contributed by atoms with Crippen LogP contribution in [-0.2, 0) is 16.6 Å². The van der Waals surface area contributed by atoms with Gasteiger partial charge in [0.15, 0.2) is 11.3 Å². The molecule has 5 rings (SSSR count). The average Bonchev–Trinajstić information content (AvgIpc) is 3.52. The molecule has 1 fully saturated rings. The van der Waals surface area contributed by atoms with E-state index in [2.05, 4.69) is 14.7 Å². The number of aromatic amines is 1. The SMILES string of the molecule is CCOc1ccc(S(=O)(=O)NCc2c(Cl)cccc2Cl)cc1-c1nn2c(C3CCCC3)nc(C)c2c(=O)[nH]1. The van der Waals surface area contributed by atoms with E-state index in [1.54, 1.807) is 35.7 Å². The van der Waals surface area contributed by atoms with E-state index >= 15 is 0 Å². The Hall–Kier alpha value is -2.92. The van der Waals surface area contributed by atoms with E-state index in [4.69, 9.17) is 33.0 Å². The topological polar surface area (TPSA) is 118 Å². The van der Waals surface area contributed by atoms with Crippen molar-refractivity contribution in [1.29, 1.82) is 0 Å². The summed E-state index contributed by atoms with van der Waals surface area (Å²) in [5, 5.41) is 5.44. The molecule has 0 atom stereocenters. The second-order valence-corrected chi connectivity index (χ2v) is 11.8. The Balaban J connectivity index is 1.58. The third-order valence-corrected chi connectivity index (χ3v) is 8.85. The van der Waals surface area contributed by atoms with Crippen LogP contribution in [-0.4, -0.2) is 34.6 Å². The molecule has 0 spiro atoms. The number of hydrogen-bond acceptors (Lipinski definition) is 6. The highest BCUT2D eigenvalue weighted by molar-refractivity contribution is 7.89. The second kappa shape index (κ2) is 10.7. The van der Waals surface area contributed by atoms with Crippen LogP contribution in [0.2, 0.25) is 10.0 Å². The lowest BCUT2D eigenvalue weighted by molar-refractivity contribution is 0.341. The average molecular weight is 577 g/mol. The lowest BCUT2D eigenvalue weighted by Gasteiger charge is -2.14. The number of rotatable bonds is 8. The van der Waals surface area contributed by atoms with Gasteiger partial charge in [0.05, 0.1) is 22.8 Å². The number of hydrogen-bond donors (Lipinski definition) is 2. The normalized spacial score (nSPS) is 14.4. The first-order valence-corrected chi connectivity index (χ1v) is 14.6. The van der Waals surface area contributed by atoms with E-state index in [1.165, 1.54) is 12.1 Å². The molecule has 12 heteroatoms. The van der Waals surface area contributed by atoms with Crippen molar-refractivity contribution in [1.82, 2.24) is 24.3 Å².